The summed E-state index contributed by atoms with van der Waals surface area (Å²) >= 11 is 13.4. The highest BCUT2D eigenvalue weighted by Gasteiger charge is 2.29. The van der Waals surface area contributed by atoms with Crippen LogP contribution in [0, 0.1) is 15.9 Å². The molecule has 0 aromatic heterocycles. The minimum atomic E-state index is -0.821. The lowest BCUT2D eigenvalue weighted by molar-refractivity contribution is -0.387. The lowest BCUT2D eigenvalue weighted by atomic mass is 9.99. The van der Waals surface area contributed by atoms with E-state index in [4.69, 9.17) is 4.74 Å². The Bertz CT molecular complexity index is 1670. The molecule has 0 aliphatic carbocycles. The summed E-state index contributed by atoms with van der Waals surface area (Å²) in [7, 11) is 0. The molecule has 218 valence electrons. The molecule has 7 nitrogen and oxygen atoms in total. The van der Waals surface area contributed by atoms with E-state index in [1.54, 1.807) is 6.07 Å². The first-order valence-electron chi connectivity index (χ1n) is 13.0. The molecule has 42 heavy (non-hydrogen) atoms. The third-order valence-corrected chi connectivity index (χ3v) is 8.74. The average Bonchev–Trinajstić information content (AvgIpc) is 2.94. The van der Waals surface area contributed by atoms with E-state index in [0.717, 1.165) is 75.1 Å². The smallest absolute Gasteiger partial charge is 0.305 e. The van der Waals surface area contributed by atoms with E-state index in [1.807, 2.05) is 6.07 Å². The van der Waals surface area contributed by atoms with Crippen molar-refractivity contribution in [2.45, 2.75) is 25.7 Å². The van der Waals surface area contributed by atoms with Crippen molar-refractivity contribution in [2.24, 2.45) is 0 Å². The van der Waals surface area contributed by atoms with E-state index in [9.17, 15) is 19.6 Å². The number of phenolic OH excluding ortho intramolecular Hbond substituents is 1. The predicted molar refractivity (Wildman–Crippen MR) is 177 cm³/mol. The standard InChI is InChI=1S/C15H11Br2NO.C9H10BrNO.C6H3BrFNO2/c16-10-3-4-12-13(7-10)19-14-8-11(17)6-9-2-1-5-18(12)15(9)14;10-7-4-6-2-1-3-11-9(6)8(12)5-7;7-4-1-2-5(8)6(3-4)9(10)11/h3-4,6-8H,1-2,5H2;4-5,11-12H,1-3H2;1-3H. The van der Waals surface area contributed by atoms with Crippen LogP contribution in [-0.4, -0.2) is 23.1 Å². The topological polar surface area (TPSA) is 87.9 Å². The van der Waals surface area contributed by atoms with E-state index in [2.05, 4.69) is 104 Å². The average molecular weight is 829 g/mol. The molecule has 0 fully saturated rings. The maximum Gasteiger partial charge on any atom is 0.305 e. The number of rotatable bonds is 1. The van der Waals surface area contributed by atoms with E-state index >= 15 is 0 Å². The number of nitrogens with one attached hydrogen (secondary N) is 1. The number of nitro benzene ring substituents is 1. The van der Waals surface area contributed by atoms with Crippen LogP contribution >= 0.6 is 63.7 Å². The summed E-state index contributed by atoms with van der Waals surface area (Å²) in [6, 6.07) is 17.8. The summed E-state index contributed by atoms with van der Waals surface area (Å²) in [5.74, 6) is 1.40. The molecule has 0 saturated carbocycles. The van der Waals surface area contributed by atoms with Gasteiger partial charge < -0.3 is 20.1 Å². The van der Waals surface area contributed by atoms with Gasteiger partial charge in [0.2, 0.25) is 5.82 Å². The van der Waals surface area contributed by atoms with E-state index < -0.39 is 16.4 Å². The summed E-state index contributed by atoms with van der Waals surface area (Å²) in [5.41, 5.74) is 5.37. The number of hydrogen-bond donors (Lipinski definition) is 2. The summed E-state index contributed by atoms with van der Waals surface area (Å²) in [4.78, 5) is 11.7. The number of nitrogens with zero attached hydrogens (tertiary/aromatic N) is 2. The Morgan fingerprint density at radius 2 is 1.52 bits per heavy atom. The summed E-state index contributed by atoms with van der Waals surface area (Å²) < 4.78 is 22.2. The van der Waals surface area contributed by atoms with Crippen molar-refractivity contribution < 1.29 is 19.2 Å². The van der Waals surface area contributed by atoms with Crippen molar-refractivity contribution in [3.63, 3.8) is 0 Å². The quantitative estimate of drug-likeness (QED) is 0.113. The molecule has 0 bridgehead atoms. The second kappa shape index (κ2) is 13.3. The number of hydrogen-bond acceptors (Lipinski definition) is 6. The van der Waals surface area contributed by atoms with Gasteiger partial charge in [-0.15, -0.1) is 0 Å². The maximum atomic E-state index is 12.6. The van der Waals surface area contributed by atoms with Crippen LogP contribution in [0.4, 0.5) is 27.1 Å². The number of aryl methyl sites for hydroxylation is 2. The van der Waals surface area contributed by atoms with Gasteiger partial charge in [-0.1, -0.05) is 63.7 Å². The van der Waals surface area contributed by atoms with Crippen molar-refractivity contribution >= 4 is 86.5 Å². The van der Waals surface area contributed by atoms with Gasteiger partial charge in [0.25, 0.3) is 0 Å². The van der Waals surface area contributed by atoms with Gasteiger partial charge in [-0.2, -0.15) is 4.39 Å². The van der Waals surface area contributed by atoms with E-state index in [1.165, 1.54) is 35.0 Å². The fraction of sp³-hybridized carbons (Fsp3) is 0.200. The third-order valence-electron chi connectivity index (χ3n) is 6.84. The van der Waals surface area contributed by atoms with Crippen LogP contribution in [-0.2, 0) is 12.8 Å². The Morgan fingerprint density at radius 3 is 2.29 bits per heavy atom. The Kier molecular flexibility index (Phi) is 9.76. The molecule has 0 saturated heterocycles. The van der Waals surface area contributed by atoms with E-state index in [0.29, 0.717) is 10.2 Å². The highest BCUT2D eigenvalue weighted by atomic mass is 79.9. The second-order valence-corrected chi connectivity index (χ2v) is 13.4. The first kappa shape index (κ1) is 30.8. The van der Waals surface area contributed by atoms with Crippen molar-refractivity contribution in [3.8, 4) is 17.2 Å². The van der Waals surface area contributed by atoms with Gasteiger partial charge in [-0.25, -0.2) is 0 Å². The van der Waals surface area contributed by atoms with Gasteiger partial charge in [-0.3, -0.25) is 10.1 Å². The van der Waals surface area contributed by atoms with Crippen molar-refractivity contribution in [1.29, 1.82) is 0 Å². The second-order valence-electron chi connectivity index (χ2n) is 9.72. The largest absolute Gasteiger partial charge is 0.506 e. The SMILES string of the molecule is Brc1ccc2c(c1)Oc1cc(Br)cc3c1N2CCC3.O=[N+]([O-])c1cc(Br)ccc1F.Oc1cc(Br)cc2c1NCCC2. The molecule has 4 aromatic carbocycles. The van der Waals surface area contributed by atoms with Gasteiger partial charge in [0.1, 0.15) is 5.75 Å². The molecule has 0 amide bonds. The number of aromatic hydroxyl groups is 1. The number of anilines is 3. The molecule has 0 atom stereocenters. The van der Waals surface area contributed by atoms with Crippen molar-refractivity contribution in [3.05, 3.63) is 106 Å². The number of ether oxygens (including phenoxy) is 1. The zero-order chi connectivity index (χ0) is 30.0. The molecule has 0 radical (unpaired) electrons. The van der Waals surface area contributed by atoms with Crippen LogP contribution in [0.15, 0.2) is 78.6 Å². The zero-order valence-corrected chi connectivity index (χ0v) is 28.3. The van der Waals surface area contributed by atoms with Crippen LogP contribution < -0.4 is 15.0 Å². The molecule has 7 rings (SSSR count). The molecule has 0 spiro atoms. The summed E-state index contributed by atoms with van der Waals surface area (Å²) in [6.07, 6.45) is 4.49. The Hall–Kier alpha value is -2.67. The first-order valence-corrected chi connectivity index (χ1v) is 16.2. The molecular weight excluding hydrogens is 805 g/mol. The third kappa shape index (κ3) is 6.93. The van der Waals surface area contributed by atoms with Crippen molar-refractivity contribution in [2.75, 3.05) is 23.3 Å². The summed E-state index contributed by atoms with van der Waals surface area (Å²) in [5, 5.41) is 22.9. The maximum absolute atomic E-state index is 12.6. The van der Waals surface area contributed by atoms with E-state index in [-0.39, 0.29) is 0 Å². The van der Waals surface area contributed by atoms with Gasteiger partial charge in [-0.05, 0) is 91.4 Å². The molecule has 4 aromatic rings. The van der Waals surface area contributed by atoms with Crippen LogP contribution in [0.25, 0.3) is 0 Å². The number of phenols is 1. The Balaban J connectivity index is 0.000000134. The minimum absolute atomic E-state index is 0.346. The summed E-state index contributed by atoms with van der Waals surface area (Å²) in [6.45, 7) is 2.02. The highest BCUT2D eigenvalue weighted by molar-refractivity contribution is 9.11. The van der Waals surface area contributed by atoms with Crippen LogP contribution in [0.1, 0.15) is 24.0 Å². The number of nitro groups is 1. The molecular formula is C30H24Br4FN3O4. The minimum Gasteiger partial charge on any atom is -0.506 e. The highest BCUT2D eigenvalue weighted by Crippen LogP contribution is 2.51. The fourth-order valence-corrected chi connectivity index (χ4v) is 6.73. The zero-order valence-electron chi connectivity index (χ0n) is 22.0. The molecule has 0 unspecified atom stereocenters. The van der Waals surface area contributed by atoms with Gasteiger partial charge in [0.05, 0.1) is 22.0 Å². The van der Waals surface area contributed by atoms with Gasteiger partial charge >= 0.3 is 5.69 Å². The Labute approximate surface area is 275 Å². The monoisotopic (exact) mass is 825 g/mol. The molecule has 3 heterocycles. The van der Waals surface area contributed by atoms with Gasteiger partial charge in [0, 0.05) is 37.0 Å². The predicted octanol–water partition coefficient (Wildman–Crippen LogP) is 10.4. The fourth-order valence-electron chi connectivity index (χ4n) is 5.06. The Morgan fingerprint density at radius 1 is 0.857 bits per heavy atom. The normalized spacial score (nSPS) is 13.9. The molecule has 3 aliphatic heterocycles. The van der Waals surface area contributed by atoms with Crippen LogP contribution in [0.3, 0.4) is 0 Å². The lowest BCUT2D eigenvalue weighted by Gasteiger charge is -2.37. The van der Waals surface area contributed by atoms with Crippen LogP contribution in [0.5, 0.6) is 17.2 Å². The number of fused-ring (bicyclic) bond motifs is 3. The van der Waals surface area contributed by atoms with Crippen molar-refractivity contribution in [1.82, 2.24) is 0 Å². The first-order chi connectivity index (χ1) is 20.1. The number of benzene rings is 4. The molecule has 3 aliphatic rings. The van der Waals surface area contributed by atoms with Gasteiger partial charge in [0.15, 0.2) is 11.5 Å². The van der Waals surface area contributed by atoms with Crippen LogP contribution in [0.2, 0.25) is 0 Å². The molecule has 2 N–H and O–H groups in total. The number of halogens is 5. The molecule has 12 heteroatoms. The lowest BCUT2D eigenvalue weighted by Crippen LogP contribution is -2.27.